The molecule has 0 aromatic heterocycles. The molecule has 2 amide bonds. The first-order valence-electron chi connectivity index (χ1n) is 10.6. The molecule has 0 aliphatic rings. The molecule has 0 radical (unpaired) electrons. The Morgan fingerprint density at radius 3 is 2.41 bits per heavy atom. The third kappa shape index (κ3) is 6.94. The minimum Gasteiger partial charge on any atom is -0.484 e. The molecule has 3 rings (SSSR count). The summed E-state index contributed by atoms with van der Waals surface area (Å²) in [7, 11) is 0. The number of amides is 2. The molecule has 0 unspecified atom stereocenters. The van der Waals surface area contributed by atoms with E-state index in [0.717, 1.165) is 17.5 Å². The summed E-state index contributed by atoms with van der Waals surface area (Å²) in [5.41, 5.74) is 2.24. The first kappa shape index (κ1) is 23.0. The van der Waals surface area contributed by atoms with Crippen molar-refractivity contribution < 1.29 is 18.7 Å². The minimum atomic E-state index is -0.334. The van der Waals surface area contributed by atoms with Gasteiger partial charge in [-0.05, 0) is 53.9 Å². The van der Waals surface area contributed by atoms with Gasteiger partial charge in [0.05, 0.1) is 13.0 Å². The van der Waals surface area contributed by atoms with Crippen molar-refractivity contribution in [2.75, 3.05) is 18.1 Å². The van der Waals surface area contributed by atoms with Gasteiger partial charge in [0.15, 0.2) is 6.61 Å². The van der Waals surface area contributed by atoms with Gasteiger partial charge >= 0.3 is 0 Å². The fourth-order valence-corrected chi connectivity index (χ4v) is 3.18. The molecule has 0 bridgehead atoms. The van der Waals surface area contributed by atoms with Crippen molar-refractivity contribution in [1.29, 1.82) is 0 Å². The topological polar surface area (TPSA) is 58.6 Å². The van der Waals surface area contributed by atoms with Crippen LogP contribution in [0, 0.1) is 5.82 Å². The van der Waals surface area contributed by atoms with E-state index in [9.17, 15) is 14.0 Å². The van der Waals surface area contributed by atoms with Crippen molar-refractivity contribution in [1.82, 2.24) is 5.32 Å². The highest BCUT2D eigenvalue weighted by atomic mass is 19.1. The zero-order chi connectivity index (χ0) is 22.8. The standard InChI is InChI=1S/C26H27FN2O3/c1-2-15-28-25(30)17-21-7-6-8-23(16-21)29(18-20-11-13-22(27)14-12-20)26(31)19-32-24-9-4-3-5-10-24/h3-14,16H,2,15,17-19H2,1H3,(H,28,30). The molecule has 0 heterocycles. The zero-order valence-electron chi connectivity index (χ0n) is 18.1. The summed E-state index contributed by atoms with van der Waals surface area (Å²) >= 11 is 0. The maximum absolute atomic E-state index is 13.3. The van der Waals surface area contributed by atoms with Gasteiger partial charge < -0.3 is 15.0 Å². The number of benzene rings is 3. The number of halogens is 1. The van der Waals surface area contributed by atoms with Crippen molar-refractivity contribution in [2.45, 2.75) is 26.3 Å². The van der Waals surface area contributed by atoms with Gasteiger partial charge in [-0.15, -0.1) is 0 Å². The zero-order valence-corrected chi connectivity index (χ0v) is 18.1. The van der Waals surface area contributed by atoms with Gasteiger partial charge in [-0.2, -0.15) is 0 Å². The van der Waals surface area contributed by atoms with Gasteiger partial charge in [-0.1, -0.05) is 49.4 Å². The Hall–Kier alpha value is -3.67. The summed E-state index contributed by atoms with van der Waals surface area (Å²) in [6, 6.07) is 22.5. The molecular weight excluding hydrogens is 407 g/mol. The number of nitrogens with one attached hydrogen (secondary N) is 1. The molecule has 0 saturated carbocycles. The molecule has 0 aliphatic carbocycles. The third-order valence-electron chi connectivity index (χ3n) is 4.82. The molecule has 0 saturated heterocycles. The van der Waals surface area contributed by atoms with E-state index in [1.54, 1.807) is 29.2 Å². The lowest BCUT2D eigenvalue weighted by Gasteiger charge is -2.24. The lowest BCUT2D eigenvalue weighted by Crippen LogP contribution is -2.34. The molecule has 3 aromatic carbocycles. The van der Waals surface area contributed by atoms with E-state index in [0.29, 0.717) is 18.0 Å². The fraction of sp³-hybridized carbons (Fsp3) is 0.231. The van der Waals surface area contributed by atoms with Crippen LogP contribution >= 0.6 is 0 Å². The van der Waals surface area contributed by atoms with Crippen LogP contribution in [0.15, 0.2) is 78.9 Å². The van der Waals surface area contributed by atoms with E-state index in [-0.39, 0.29) is 37.2 Å². The van der Waals surface area contributed by atoms with Gasteiger partial charge in [-0.25, -0.2) is 4.39 Å². The van der Waals surface area contributed by atoms with Crippen LogP contribution in [0.25, 0.3) is 0 Å². The highest BCUT2D eigenvalue weighted by Gasteiger charge is 2.18. The number of nitrogens with zero attached hydrogens (tertiary/aromatic N) is 1. The lowest BCUT2D eigenvalue weighted by molar-refractivity contribution is -0.121. The largest absolute Gasteiger partial charge is 0.484 e. The van der Waals surface area contributed by atoms with Crippen LogP contribution in [0.4, 0.5) is 10.1 Å². The molecule has 166 valence electrons. The Morgan fingerprint density at radius 1 is 0.938 bits per heavy atom. The molecule has 1 N–H and O–H groups in total. The first-order chi connectivity index (χ1) is 15.5. The van der Waals surface area contributed by atoms with E-state index in [1.165, 1.54) is 12.1 Å². The molecule has 5 nitrogen and oxygen atoms in total. The molecule has 0 aliphatic heterocycles. The number of para-hydroxylation sites is 1. The number of ether oxygens (including phenoxy) is 1. The number of hydrogen-bond donors (Lipinski definition) is 1. The summed E-state index contributed by atoms with van der Waals surface area (Å²) in [6.07, 6.45) is 1.10. The van der Waals surface area contributed by atoms with Crippen LogP contribution in [-0.4, -0.2) is 25.0 Å². The lowest BCUT2D eigenvalue weighted by atomic mass is 10.1. The number of carbonyl (C=O) groups is 2. The molecule has 32 heavy (non-hydrogen) atoms. The highest BCUT2D eigenvalue weighted by molar-refractivity contribution is 5.94. The van der Waals surface area contributed by atoms with Crippen molar-refractivity contribution >= 4 is 17.5 Å². The first-order valence-corrected chi connectivity index (χ1v) is 10.6. The summed E-state index contributed by atoms with van der Waals surface area (Å²) < 4.78 is 19.0. The Bertz CT molecular complexity index is 1020. The van der Waals surface area contributed by atoms with Crippen LogP contribution in [0.3, 0.4) is 0 Å². The van der Waals surface area contributed by atoms with E-state index in [1.807, 2.05) is 49.4 Å². The monoisotopic (exact) mass is 434 g/mol. The van der Waals surface area contributed by atoms with E-state index >= 15 is 0 Å². The smallest absolute Gasteiger partial charge is 0.265 e. The van der Waals surface area contributed by atoms with Crippen LogP contribution in [0.2, 0.25) is 0 Å². The molecule has 6 heteroatoms. The van der Waals surface area contributed by atoms with Crippen LogP contribution < -0.4 is 15.0 Å². The number of hydrogen-bond acceptors (Lipinski definition) is 3. The highest BCUT2D eigenvalue weighted by Crippen LogP contribution is 2.21. The van der Waals surface area contributed by atoms with Crippen LogP contribution in [0.1, 0.15) is 24.5 Å². The molecule has 0 spiro atoms. The molecular formula is C26H27FN2O3. The van der Waals surface area contributed by atoms with Gasteiger partial charge in [0.1, 0.15) is 11.6 Å². The normalized spacial score (nSPS) is 10.4. The van der Waals surface area contributed by atoms with E-state index in [2.05, 4.69) is 5.32 Å². The minimum absolute atomic E-state index is 0.0622. The van der Waals surface area contributed by atoms with Crippen LogP contribution in [0.5, 0.6) is 5.75 Å². The third-order valence-corrected chi connectivity index (χ3v) is 4.82. The van der Waals surface area contributed by atoms with E-state index in [4.69, 9.17) is 4.74 Å². The van der Waals surface area contributed by atoms with Gasteiger partial charge in [0.2, 0.25) is 5.91 Å². The van der Waals surface area contributed by atoms with Crippen molar-refractivity contribution in [3.8, 4) is 5.75 Å². The number of rotatable bonds is 10. The maximum atomic E-state index is 13.3. The summed E-state index contributed by atoms with van der Waals surface area (Å²) in [6.45, 7) is 2.73. The van der Waals surface area contributed by atoms with Crippen molar-refractivity contribution in [3.05, 3.63) is 95.8 Å². The Balaban J connectivity index is 1.79. The average molecular weight is 435 g/mol. The van der Waals surface area contributed by atoms with Gasteiger partial charge in [-0.3, -0.25) is 9.59 Å². The quantitative estimate of drug-likeness (QED) is 0.511. The Kier molecular flexibility index (Phi) is 8.37. The number of carbonyl (C=O) groups excluding carboxylic acids is 2. The Morgan fingerprint density at radius 2 is 1.69 bits per heavy atom. The second kappa shape index (κ2) is 11.6. The van der Waals surface area contributed by atoms with Crippen molar-refractivity contribution in [3.63, 3.8) is 0 Å². The van der Waals surface area contributed by atoms with Crippen LogP contribution in [-0.2, 0) is 22.6 Å². The Labute approximate surface area is 187 Å². The second-order valence-corrected chi connectivity index (χ2v) is 7.40. The SMILES string of the molecule is CCCNC(=O)Cc1cccc(N(Cc2ccc(F)cc2)C(=O)COc2ccccc2)c1. The van der Waals surface area contributed by atoms with Gasteiger partial charge in [0, 0.05) is 12.2 Å². The molecule has 3 aromatic rings. The molecule has 0 fully saturated rings. The number of anilines is 1. The van der Waals surface area contributed by atoms with Gasteiger partial charge in [0.25, 0.3) is 5.91 Å². The summed E-state index contributed by atoms with van der Waals surface area (Å²) in [5.74, 6) is -0.0401. The van der Waals surface area contributed by atoms with Crippen molar-refractivity contribution in [2.24, 2.45) is 0 Å². The maximum Gasteiger partial charge on any atom is 0.265 e. The summed E-state index contributed by atoms with van der Waals surface area (Å²) in [5, 5.41) is 2.86. The average Bonchev–Trinajstić information content (AvgIpc) is 2.81. The summed E-state index contributed by atoms with van der Waals surface area (Å²) in [4.78, 5) is 26.8. The predicted octanol–water partition coefficient (Wildman–Crippen LogP) is 4.51. The fourth-order valence-electron chi connectivity index (χ4n) is 3.18. The second-order valence-electron chi connectivity index (χ2n) is 7.40. The van der Waals surface area contributed by atoms with E-state index < -0.39 is 0 Å². The predicted molar refractivity (Wildman–Crippen MR) is 123 cm³/mol. The molecule has 0 atom stereocenters.